The van der Waals surface area contributed by atoms with Crippen molar-refractivity contribution in [1.82, 2.24) is 36.4 Å². The molecule has 3 aromatic carbocycles. The Balaban J connectivity index is 1.05. The highest BCUT2D eigenvalue weighted by Gasteiger charge is 2.44. The number of nitrogens with zero attached hydrogens (tertiary/aromatic N) is 4. The summed E-state index contributed by atoms with van der Waals surface area (Å²) in [6.07, 6.45) is 4.18. The molecule has 21 nitrogen and oxygen atoms in total. The quantitative estimate of drug-likeness (QED) is 0.0730. The van der Waals surface area contributed by atoms with E-state index in [9.17, 15) is 43.8 Å². The minimum absolute atomic E-state index is 0.00144. The fourth-order valence-electron chi connectivity index (χ4n) is 10.7. The molecule has 78 heavy (non-hydrogen) atoms. The Hall–Kier alpha value is -6.97. The molecule has 0 aromatic heterocycles. The van der Waals surface area contributed by atoms with Gasteiger partial charge in [0.2, 0.25) is 35.4 Å². The van der Waals surface area contributed by atoms with Gasteiger partial charge in [0, 0.05) is 74.5 Å². The summed E-state index contributed by atoms with van der Waals surface area (Å²) in [5.41, 5.74) is 15.9. The molecular weight excluding hydrogens is 999 g/mol. The number of aryl methyl sites for hydroxylation is 1. The second-order valence-electron chi connectivity index (χ2n) is 21.2. The van der Waals surface area contributed by atoms with E-state index < -0.39 is 95.9 Å². The molecule has 0 unspecified atom stereocenters. The van der Waals surface area contributed by atoms with Crippen molar-refractivity contribution in [2.45, 2.75) is 152 Å². The summed E-state index contributed by atoms with van der Waals surface area (Å²) in [5, 5.41) is 35.7. The minimum atomic E-state index is -1.54. The van der Waals surface area contributed by atoms with E-state index in [4.69, 9.17) is 16.2 Å². The molecule has 0 aliphatic carbocycles. The van der Waals surface area contributed by atoms with Crippen LogP contribution < -0.4 is 52.6 Å². The first-order valence-electron chi connectivity index (χ1n) is 27.9. The van der Waals surface area contributed by atoms with Gasteiger partial charge in [-0.1, -0.05) is 44.7 Å². The number of rotatable bonds is 16. The molecule has 0 spiro atoms. The number of fused-ring (bicyclic) bond motifs is 2. The third-order valence-corrected chi connectivity index (χ3v) is 15.3. The number of aliphatic hydroxyl groups is 2. The zero-order valence-electron chi connectivity index (χ0n) is 45.4. The molecule has 4 heterocycles. The van der Waals surface area contributed by atoms with Gasteiger partial charge in [-0.15, -0.1) is 0 Å². The number of carbonyl (C=O) groups excluding carboxylic acids is 7. The van der Waals surface area contributed by atoms with E-state index in [0.29, 0.717) is 18.7 Å². The van der Waals surface area contributed by atoms with Gasteiger partial charge in [0.15, 0.2) is 0 Å². The molecule has 0 radical (unpaired) electrons. The highest BCUT2D eigenvalue weighted by atomic mass is 16.5. The normalized spacial score (nSPS) is 24.9. The monoisotopic (exact) mass is 1080 g/mol. The summed E-state index contributed by atoms with van der Waals surface area (Å²) in [4.78, 5) is 106. The number of nitrogen functional groups attached to an aromatic ring is 1. The van der Waals surface area contributed by atoms with E-state index in [1.54, 1.807) is 36.4 Å². The number of nitrogens with two attached hydrogens (primary N) is 2. The van der Waals surface area contributed by atoms with Gasteiger partial charge in [-0.25, -0.2) is 0 Å². The summed E-state index contributed by atoms with van der Waals surface area (Å²) < 4.78 is 5.97. The molecule has 4 saturated heterocycles. The van der Waals surface area contributed by atoms with Gasteiger partial charge < -0.3 is 72.6 Å². The second-order valence-corrected chi connectivity index (χ2v) is 21.2. The molecular formula is C57H81N11O10. The summed E-state index contributed by atoms with van der Waals surface area (Å²) in [6.45, 7) is 8.72. The molecule has 4 aliphatic heterocycles. The molecule has 0 bridgehead atoms. The fraction of sp³-hybridized carbons (Fsp3) is 0.561. The summed E-state index contributed by atoms with van der Waals surface area (Å²) in [6, 6.07) is 13.9. The van der Waals surface area contributed by atoms with Crippen LogP contribution in [-0.4, -0.2) is 168 Å². The van der Waals surface area contributed by atoms with Gasteiger partial charge in [-0.2, -0.15) is 0 Å². The van der Waals surface area contributed by atoms with Gasteiger partial charge in [0.25, 0.3) is 5.91 Å². The third-order valence-electron chi connectivity index (χ3n) is 15.3. The maximum absolute atomic E-state index is 14.4. The van der Waals surface area contributed by atoms with Crippen LogP contribution in [0.5, 0.6) is 5.75 Å². The lowest BCUT2D eigenvalue weighted by Gasteiger charge is -2.37. The van der Waals surface area contributed by atoms with Crippen LogP contribution in [0.25, 0.3) is 0 Å². The summed E-state index contributed by atoms with van der Waals surface area (Å²) in [5.74, 6) is -4.01. The van der Waals surface area contributed by atoms with Crippen LogP contribution in [0.2, 0.25) is 0 Å². The van der Waals surface area contributed by atoms with Gasteiger partial charge in [-0.3, -0.25) is 33.6 Å². The molecule has 21 heteroatoms. The Labute approximate surface area is 457 Å². The molecule has 9 atom stereocenters. The number of hydrogen-bond acceptors (Lipinski definition) is 14. The number of carbonyl (C=O) groups is 7. The Morgan fingerprint density at radius 2 is 1.29 bits per heavy atom. The predicted molar refractivity (Wildman–Crippen MR) is 296 cm³/mol. The van der Waals surface area contributed by atoms with Crippen molar-refractivity contribution >= 4 is 58.4 Å². The van der Waals surface area contributed by atoms with Crippen molar-refractivity contribution in [3.8, 4) is 5.75 Å². The molecule has 4 fully saturated rings. The number of ether oxygens (including phenoxy) is 1. The van der Waals surface area contributed by atoms with Crippen molar-refractivity contribution in [2.75, 3.05) is 68.0 Å². The van der Waals surface area contributed by atoms with Gasteiger partial charge in [0.1, 0.15) is 42.0 Å². The standard InChI is InChI=1S/C57H81N11O10/c1-4-5-6-7-8-33-78-44-24-22-43(23-25-44)66-31-29-65(30-32-66)42-20-16-39(17-21-42)51(71)61-45-11-9-27-60-54(74)48-34-41(59)35-68(48)57(77)50(37(3)70)64-53(73)46(26-15-38-13-18-40(58)19-14-38)62-55(75)47-12-10-28-67(47)56(76)49(36(2)69)63-52(45)72/h13-14,16-25,36-37,41,45-50,69-70H,4-12,15,26-35,58-59H2,1-3H3,(H,60,74)(H,61,71)(H,62,75)(H,63,72)(H,64,73)/t36-,37-,41+,45+,46+,47+,48+,49+,50+/m1/s1. The lowest BCUT2D eigenvalue weighted by Crippen LogP contribution is -2.61. The van der Waals surface area contributed by atoms with Crippen molar-refractivity contribution in [3.05, 3.63) is 83.9 Å². The number of nitrogens with one attached hydrogen (secondary N) is 5. The number of piperazine rings is 1. The predicted octanol–water partition coefficient (Wildman–Crippen LogP) is 1.72. The van der Waals surface area contributed by atoms with Crippen molar-refractivity contribution in [2.24, 2.45) is 5.73 Å². The molecule has 0 saturated carbocycles. The number of amides is 7. The van der Waals surface area contributed by atoms with Crippen LogP contribution in [-0.2, 0) is 35.2 Å². The Bertz CT molecular complexity index is 2510. The Morgan fingerprint density at radius 1 is 0.692 bits per heavy atom. The van der Waals surface area contributed by atoms with E-state index in [1.165, 1.54) is 49.3 Å². The molecule has 7 amide bonds. The topological polar surface area (TPSA) is 294 Å². The summed E-state index contributed by atoms with van der Waals surface area (Å²) >= 11 is 0. The number of anilines is 3. The van der Waals surface area contributed by atoms with Crippen LogP contribution in [0.3, 0.4) is 0 Å². The zero-order chi connectivity index (χ0) is 55.9. The van der Waals surface area contributed by atoms with Crippen LogP contribution >= 0.6 is 0 Å². The van der Waals surface area contributed by atoms with Crippen LogP contribution in [0.15, 0.2) is 72.8 Å². The average Bonchev–Trinajstić information content (AvgIpc) is 4.11. The van der Waals surface area contributed by atoms with Gasteiger partial charge in [0.05, 0.1) is 18.8 Å². The Morgan fingerprint density at radius 3 is 1.92 bits per heavy atom. The largest absolute Gasteiger partial charge is 0.494 e. The van der Waals surface area contributed by atoms with Crippen molar-refractivity contribution in [1.29, 1.82) is 0 Å². The lowest BCUT2D eigenvalue weighted by molar-refractivity contribution is -0.145. The number of aliphatic hydroxyl groups excluding tert-OH is 2. The molecule has 7 rings (SSSR count). The number of hydrogen-bond donors (Lipinski definition) is 9. The van der Waals surface area contributed by atoms with E-state index >= 15 is 0 Å². The zero-order valence-corrected chi connectivity index (χ0v) is 45.4. The highest BCUT2D eigenvalue weighted by molar-refractivity contribution is 6.00. The third kappa shape index (κ3) is 15.6. The smallest absolute Gasteiger partial charge is 0.251 e. The molecule has 4 aliphatic rings. The molecule has 3 aromatic rings. The maximum Gasteiger partial charge on any atom is 0.251 e. The van der Waals surface area contributed by atoms with Gasteiger partial charge in [-0.05, 0) is 131 Å². The van der Waals surface area contributed by atoms with Crippen LogP contribution in [0.1, 0.15) is 107 Å². The maximum atomic E-state index is 14.4. The molecule has 424 valence electrons. The Kier molecular flexibility index (Phi) is 21.1. The van der Waals surface area contributed by atoms with E-state index in [1.807, 2.05) is 24.3 Å². The SMILES string of the molecule is CCCCCCCOc1ccc(N2CCN(c3ccc(C(=O)N[C@H]4CCCNC(=O)[C@@H]5C[C@H](N)CN5C(=O)[C@H]([C@@H](C)O)NC(=O)[C@H](CCc5ccc(N)cc5)NC(=O)[C@@H]5CCCN5C(=O)[C@H]([C@@H](C)O)NC4=O)cc3)CC2)cc1. The lowest BCUT2D eigenvalue weighted by atomic mass is 10.0. The average molecular weight is 1080 g/mol. The van der Waals surface area contributed by atoms with E-state index in [2.05, 4.69) is 55.4 Å². The first-order valence-corrected chi connectivity index (χ1v) is 27.9. The number of benzene rings is 3. The van der Waals surface area contributed by atoms with Crippen LogP contribution in [0.4, 0.5) is 17.1 Å². The van der Waals surface area contributed by atoms with E-state index in [0.717, 1.165) is 55.3 Å². The first-order chi connectivity index (χ1) is 37.5. The molecule has 11 N–H and O–H groups in total. The number of unbranched alkanes of at least 4 members (excludes halogenated alkanes) is 4. The van der Waals surface area contributed by atoms with Crippen molar-refractivity contribution in [3.63, 3.8) is 0 Å². The van der Waals surface area contributed by atoms with Gasteiger partial charge >= 0.3 is 0 Å². The highest BCUT2D eigenvalue weighted by Crippen LogP contribution is 2.26. The van der Waals surface area contributed by atoms with Crippen molar-refractivity contribution < 1.29 is 48.5 Å². The fourth-order valence-corrected chi connectivity index (χ4v) is 10.7. The second kappa shape index (κ2) is 28.1. The summed E-state index contributed by atoms with van der Waals surface area (Å²) in [7, 11) is 0. The first kappa shape index (κ1) is 58.7. The van der Waals surface area contributed by atoms with Crippen LogP contribution in [0, 0.1) is 0 Å². The minimum Gasteiger partial charge on any atom is -0.494 e. The van der Waals surface area contributed by atoms with E-state index in [-0.39, 0.29) is 63.7 Å².